The summed E-state index contributed by atoms with van der Waals surface area (Å²) in [7, 11) is 0. The predicted molar refractivity (Wildman–Crippen MR) is 87.2 cm³/mol. The summed E-state index contributed by atoms with van der Waals surface area (Å²) in [5.74, 6) is 0.669. The molecule has 1 aromatic carbocycles. The number of carbonyl (C=O) groups excluding carboxylic acids is 1. The summed E-state index contributed by atoms with van der Waals surface area (Å²) in [6.45, 7) is 2.09. The van der Waals surface area contributed by atoms with Crippen LogP contribution in [0.2, 0.25) is 0 Å². The molecule has 0 N–H and O–H groups in total. The average molecular weight is 350 g/mol. The molecule has 20 heavy (non-hydrogen) atoms. The Bertz CT molecular complexity index is 583. The minimum Gasteiger partial charge on any atom is -0.298 e. The monoisotopic (exact) mass is 349 g/mol. The van der Waals surface area contributed by atoms with E-state index < -0.39 is 0 Å². The first-order valence-electron chi connectivity index (χ1n) is 6.52. The van der Waals surface area contributed by atoms with Crippen LogP contribution in [0.5, 0.6) is 0 Å². The molecule has 2 rings (SSSR count). The Morgan fingerprint density at radius 1 is 1.25 bits per heavy atom. The largest absolute Gasteiger partial charge is 0.298 e. The van der Waals surface area contributed by atoms with Crippen molar-refractivity contribution in [1.82, 2.24) is 4.98 Å². The third-order valence-electron chi connectivity index (χ3n) is 2.90. The van der Waals surface area contributed by atoms with Gasteiger partial charge in [-0.2, -0.15) is 0 Å². The molecule has 0 atom stereocenters. The zero-order valence-corrected chi connectivity index (χ0v) is 13.7. The maximum absolute atomic E-state index is 12.0. The van der Waals surface area contributed by atoms with Crippen molar-refractivity contribution in [3.63, 3.8) is 0 Å². The van der Waals surface area contributed by atoms with Crippen LogP contribution in [-0.4, -0.2) is 16.5 Å². The van der Waals surface area contributed by atoms with E-state index in [0.717, 1.165) is 21.5 Å². The van der Waals surface area contributed by atoms with Crippen molar-refractivity contribution in [2.75, 3.05) is 5.75 Å². The summed E-state index contributed by atoms with van der Waals surface area (Å²) in [5.41, 5.74) is 2.05. The fourth-order valence-electron chi connectivity index (χ4n) is 1.74. The van der Waals surface area contributed by atoms with Gasteiger partial charge in [0.25, 0.3) is 0 Å². The maximum Gasteiger partial charge on any atom is 0.149 e. The number of Topliss-reactive ketones (excluding diaryl/α,β-unsaturated/α-hetero) is 1. The number of nitrogens with zero attached hydrogens (tertiary/aromatic N) is 1. The van der Waals surface area contributed by atoms with E-state index in [1.165, 1.54) is 5.56 Å². The Morgan fingerprint density at radius 2 is 2.05 bits per heavy atom. The molecule has 104 valence electrons. The van der Waals surface area contributed by atoms with Gasteiger partial charge in [-0.1, -0.05) is 25.1 Å². The number of benzene rings is 1. The fourth-order valence-corrected chi connectivity index (χ4v) is 3.17. The van der Waals surface area contributed by atoms with Crippen molar-refractivity contribution >= 4 is 33.5 Å². The Labute approximate surface area is 132 Å². The van der Waals surface area contributed by atoms with Gasteiger partial charge in [0.1, 0.15) is 5.78 Å². The van der Waals surface area contributed by atoms with Crippen molar-refractivity contribution in [2.24, 2.45) is 0 Å². The highest BCUT2D eigenvalue weighted by atomic mass is 79.9. The molecule has 0 unspecified atom stereocenters. The third kappa shape index (κ3) is 4.46. The van der Waals surface area contributed by atoms with E-state index >= 15 is 0 Å². The van der Waals surface area contributed by atoms with Crippen molar-refractivity contribution in [3.05, 3.63) is 58.3 Å². The predicted octanol–water partition coefficient (Wildman–Crippen LogP) is 4.31. The molecule has 0 aliphatic rings. The van der Waals surface area contributed by atoms with Crippen LogP contribution >= 0.6 is 27.7 Å². The number of thioether (sulfide) groups is 1. The number of aromatic nitrogens is 1. The quantitative estimate of drug-likeness (QED) is 0.727. The van der Waals surface area contributed by atoms with Crippen molar-refractivity contribution in [2.45, 2.75) is 24.7 Å². The highest BCUT2D eigenvalue weighted by molar-refractivity contribution is 9.10. The van der Waals surface area contributed by atoms with E-state index in [2.05, 4.69) is 27.8 Å². The van der Waals surface area contributed by atoms with Gasteiger partial charge in [-0.15, -0.1) is 11.8 Å². The van der Waals surface area contributed by atoms with Gasteiger partial charge in [0, 0.05) is 27.7 Å². The standard InChI is InChI=1S/C16H16BrNOS/c1-2-12-7-8-13(18-10-12)9-14(19)11-20-16-6-4-3-5-15(16)17/h3-8,10H,2,9,11H2,1H3. The summed E-state index contributed by atoms with van der Waals surface area (Å²) in [6.07, 6.45) is 3.23. The molecule has 0 radical (unpaired) electrons. The number of ketones is 1. The Hall–Kier alpha value is -1.13. The van der Waals surface area contributed by atoms with Crippen LogP contribution in [0, 0.1) is 0 Å². The number of hydrogen-bond acceptors (Lipinski definition) is 3. The summed E-state index contributed by atoms with van der Waals surface area (Å²) in [5, 5.41) is 0. The second kappa shape index (κ2) is 7.60. The second-order valence-corrected chi connectivity index (χ2v) is 6.32. The van der Waals surface area contributed by atoms with Gasteiger partial charge in [-0.25, -0.2) is 0 Å². The number of rotatable bonds is 6. The van der Waals surface area contributed by atoms with Gasteiger partial charge in [0.15, 0.2) is 0 Å². The molecule has 0 aliphatic carbocycles. The van der Waals surface area contributed by atoms with Crippen molar-refractivity contribution in [3.8, 4) is 0 Å². The average Bonchev–Trinajstić information content (AvgIpc) is 2.47. The molecule has 0 bridgehead atoms. The molecular weight excluding hydrogens is 334 g/mol. The number of halogens is 1. The van der Waals surface area contributed by atoms with Gasteiger partial charge >= 0.3 is 0 Å². The lowest BCUT2D eigenvalue weighted by atomic mass is 10.1. The molecule has 4 heteroatoms. The number of hydrogen-bond donors (Lipinski definition) is 0. The van der Waals surface area contributed by atoms with Crippen LogP contribution in [0.4, 0.5) is 0 Å². The molecule has 0 spiro atoms. The second-order valence-electron chi connectivity index (χ2n) is 4.45. The van der Waals surface area contributed by atoms with Gasteiger partial charge in [-0.3, -0.25) is 9.78 Å². The van der Waals surface area contributed by atoms with Gasteiger partial charge in [0.2, 0.25) is 0 Å². The summed E-state index contributed by atoms with van der Waals surface area (Å²) < 4.78 is 1.03. The first kappa shape index (κ1) is 15.3. The first-order valence-corrected chi connectivity index (χ1v) is 8.29. The molecule has 1 aromatic heterocycles. The highest BCUT2D eigenvalue weighted by Gasteiger charge is 2.07. The Balaban J connectivity index is 1.87. The van der Waals surface area contributed by atoms with Crippen molar-refractivity contribution in [1.29, 1.82) is 0 Å². The lowest BCUT2D eigenvalue weighted by Gasteiger charge is -2.04. The third-order valence-corrected chi connectivity index (χ3v) is 4.99. The fraction of sp³-hybridized carbons (Fsp3) is 0.250. The molecule has 0 aliphatic heterocycles. The molecule has 2 aromatic rings. The van der Waals surface area contributed by atoms with Crippen LogP contribution < -0.4 is 0 Å². The van der Waals surface area contributed by atoms with Crippen LogP contribution in [0.25, 0.3) is 0 Å². The van der Waals surface area contributed by atoms with Crippen LogP contribution in [0.3, 0.4) is 0 Å². The van der Waals surface area contributed by atoms with Crippen LogP contribution in [0.15, 0.2) is 52.0 Å². The Kier molecular flexibility index (Phi) is 5.80. The smallest absolute Gasteiger partial charge is 0.149 e. The van der Waals surface area contributed by atoms with E-state index in [9.17, 15) is 4.79 Å². The molecule has 0 saturated carbocycles. The number of pyridine rings is 1. The maximum atomic E-state index is 12.0. The lowest BCUT2D eigenvalue weighted by molar-refractivity contribution is -0.116. The van der Waals surface area contributed by atoms with Crippen LogP contribution in [0.1, 0.15) is 18.2 Å². The molecular formula is C16H16BrNOS. The summed E-state index contributed by atoms with van der Waals surface area (Å²) in [6, 6.07) is 11.9. The molecule has 0 amide bonds. The summed E-state index contributed by atoms with van der Waals surface area (Å²) >= 11 is 5.04. The minimum absolute atomic E-state index is 0.197. The van der Waals surface area contributed by atoms with E-state index in [1.54, 1.807) is 11.8 Å². The summed E-state index contributed by atoms with van der Waals surface area (Å²) in [4.78, 5) is 17.4. The number of aryl methyl sites for hydroxylation is 1. The van der Waals surface area contributed by atoms with Gasteiger partial charge < -0.3 is 0 Å². The highest BCUT2D eigenvalue weighted by Crippen LogP contribution is 2.27. The SMILES string of the molecule is CCc1ccc(CC(=O)CSc2ccccc2Br)nc1. The van der Waals surface area contributed by atoms with Crippen molar-refractivity contribution < 1.29 is 4.79 Å². The van der Waals surface area contributed by atoms with Gasteiger partial charge in [0.05, 0.1) is 5.75 Å². The normalized spacial score (nSPS) is 10.5. The Morgan fingerprint density at radius 3 is 2.70 bits per heavy atom. The van der Waals surface area contributed by atoms with Crippen LogP contribution in [-0.2, 0) is 17.6 Å². The van der Waals surface area contributed by atoms with E-state index in [-0.39, 0.29) is 5.78 Å². The minimum atomic E-state index is 0.197. The lowest BCUT2D eigenvalue weighted by Crippen LogP contribution is -2.07. The zero-order chi connectivity index (χ0) is 14.4. The first-order chi connectivity index (χ1) is 9.69. The number of carbonyl (C=O) groups is 1. The molecule has 1 heterocycles. The van der Waals surface area contributed by atoms with E-state index in [4.69, 9.17) is 0 Å². The van der Waals surface area contributed by atoms with Gasteiger partial charge in [-0.05, 0) is 46.1 Å². The topological polar surface area (TPSA) is 30.0 Å². The zero-order valence-electron chi connectivity index (χ0n) is 11.3. The molecule has 0 saturated heterocycles. The van der Waals surface area contributed by atoms with E-state index in [0.29, 0.717) is 12.2 Å². The molecule has 0 fully saturated rings. The molecule has 2 nitrogen and oxygen atoms in total. The van der Waals surface area contributed by atoms with E-state index in [1.807, 2.05) is 42.6 Å².